The number of rotatable bonds is 9. The predicted octanol–water partition coefficient (Wildman–Crippen LogP) is 2.95. The first-order valence-corrected chi connectivity index (χ1v) is 12.3. The summed E-state index contributed by atoms with van der Waals surface area (Å²) in [6, 6.07) is 0. The molecule has 0 aromatic carbocycles. The molecule has 0 radical (unpaired) electrons. The maximum atomic E-state index is 13.1. The number of hydrogen-bond donors (Lipinski definition) is 1. The molecule has 0 aliphatic carbocycles. The van der Waals surface area contributed by atoms with Crippen LogP contribution in [-0.2, 0) is 16.1 Å². The van der Waals surface area contributed by atoms with Gasteiger partial charge in [0, 0.05) is 37.5 Å². The number of aromatic nitrogens is 2. The summed E-state index contributed by atoms with van der Waals surface area (Å²) in [7, 11) is 0. The zero-order valence-corrected chi connectivity index (χ0v) is 19.8. The number of hydrogen-bond acceptors (Lipinski definition) is 6. The summed E-state index contributed by atoms with van der Waals surface area (Å²) in [6.45, 7) is 10.7. The lowest BCUT2D eigenvalue weighted by Gasteiger charge is -2.15. The monoisotopic (exact) mass is 450 g/mol. The molecule has 1 aliphatic rings. The van der Waals surface area contributed by atoms with E-state index in [0.717, 1.165) is 34.7 Å². The van der Waals surface area contributed by atoms with Crippen molar-refractivity contribution in [2.24, 2.45) is 5.92 Å². The Morgan fingerprint density at radius 2 is 2.07 bits per heavy atom. The van der Waals surface area contributed by atoms with E-state index in [1.807, 2.05) is 18.7 Å². The standard InChI is InChI=1S/C21H30N4O3S2/c1-13(2)11-25-20(28)18-14(3)15(4)30-19(18)23-21(25)29-12-16(26)22-8-6-10-24-9-5-7-17(24)27/h13H,5-12H2,1-4H3,(H,22,26). The number of nitrogens with zero attached hydrogens (tertiary/aromatic N) is 3. The van der Waals surface area contributed by atoms with Gasteiger partial charge in [0.2, 0.25) is 11.8 Å². The normalized spacial score (nSPS) is 14.3. The van der Waals surface area contributed by atoms with Crippen molar-refractivity contribution >= 4 is 45.1 Å². The van der Waals surface area contributed by atoms with Crippen molar-refractivity contribution in [2.75, 3.05) is 25.4 Å². The molecule has 3 heterocycles. The van der Waals surface area contributed by atoms with Crippen molar-refractivity contribution in [3.8, 4) is 0 Å². The Morgan fingerprint density at radius 1 is 1.30 bits per heavy atom. The Bertz CT molecular complexity index is 996. The predicted molar refractivity (Wildman–Crippen MR) is 122 cm³/mol. The van der Waals surface area contributed by atoms with Crippen molar-refractivity contribution in [2.45, 2.75) is 58.7 Å². The van der Waals surface area contributed by atoms with E-state index >= 15 is 0 Å². The van der Waals surface area contributed by atoms with Crippen molar-refractivity contribution in [3.05, 3.63) is 20.8 Å². The second kappa shape index (κ2) is 9.96. The van der Waals surface area contributed by atoms with Crippen LogP contribution in [0.3, 0.4) is 0 Å². The van der Waals surface area contributed by atoms with Crippen LogP contribution < -0.4 is 10.9 Å². The number of thiophene rings is 1. The molecule has 30 heavy (non-hydrogen) atoms. The number of nitrogens with one attached hydrogen (secondary N) is 1. The SMILES string of the molecule is Cc1sc2nc(SCC(=O)NCCCN3CCCC3=O)n(CC(C)C)c(=O)c2c1C. The summed E-state index contributed by atoms with van der Waals surface area (Å²) in [4.78, 5) is 45.4. The van der Waals surface area contributed by atoms with Gasteiger partial charge in [-0.25, -0.2) is 4.98 Å². The number of carbonyl (C=O) groups is 2. The number of amides is 2. The molecule has 2 amide bonds. The van der Waals surface area contributed by atoms with Crippen molar-refractivity contribution in [3.63, 3.8) is 0 Å². The molecule has 2 aromatic rings. The van der Waals surface area contributed by atoms with E-state index in [0.29, 0.717) is 42.5 Å². The molecule has 2 aromatic heterocycles. The van der Waals surface area contributed by atoms with Crippen molar-refractivity contribution < 1.29 is 9.59 Å². The fraction of sp³-hybridized carbons (Fsp3) is 0.619. The molecule has 1 N–H and O–H groups in total. The minimum atomic E-state index is -0.0864. The fourth-order valence-corrected chi connectivity index (χ4v) is 5.47. The van der Waals surface area contributed by atoms with Crippen LogP contribution in [0.1, 0.15) is 43.6 Å². The molecule has 3 rings (SSSR count). The minimum Gasteiger partial charge on any atom is -0.355 e. The van der Waals surface area contributed by atoms with Gasteiger partial charge in [-0.3, -0.25) is 19.0 Å². The van der Waals surface area contributed by atoms with Crippen LogP contribution in [-0.4, -0.2) is 51.7 Å². The molecule has 0 saturated carbocycles. The third-order valence-electron chi connectivity index (χ3n) is 5.23. The Balaban J connectivity index is 1.62. The van der Waals surface area contributed by atoms with E-state index in [4.69, 9.17) is 4.98 Å². The van der Waals surface area contributed by atoms with Gasteiger partial charge in [-0.15, -0.1) is 11.3 Å². The zero-order valence-electron chi connectivity index (χ0n) is 18.1. The molecular weight excluding hydrogens is 420 g/mol. The molecule has 7 nitrogen and oxygen atoms in total. The number of likely N-dealkylation sites (tertiary alicyclic amines) is 1. The number of carbonyl (C=O) groups excluding carboxylic acids is 2. The van der Waals surface area contributed by atoms with Gasteiger partial charge >= 0.3 is 0 Å². The highest BCUT2D eigenvalue weighted by Gasteiger charge is 2.20. The summed E-state index contributed by atoms with van der Waals surface area (Å²) in [5.74, 6) is 0.628. The average Bonchev–Trinajstić information content (AvgIpc) is 3.22. The summed E-state index contributed by atoms with van der Waals surface area (Å²) < 4.78 is 1.71. The lowest BCUT2D eigenvalue weighted by molar-refractivity contribution is -0.127. The first kappa shape index (κ1) is 22.8. The molecular formula is C21H30N4O3S2. The van der Waals surface area contributed by atoms with Crippen LogP contribution in [0.2, 0.25) is 0 Å². The van der Waals surface area contributed by atoms with Gasteiger partial charge in [0.15, 0.2) is 5.16 Å². The van der Waals surface area contributed by atoms with Gasteiger partial charge in [0.25, 0.3) is 5.56 Å². The lowest BCUT2D eigenvalue weighted by Crippen LogP contribution is -2.31. The summed E-state index contributed by atoms with van der Waals surface area (Å²) in [5.41, 5.74) is 0.976. The van der Waals surface area contributed by atoms with E-state index in [2.05, 4.69) is 19.2 Å². The highest BCUT2D eigenvalue weighted by molar-refractivity contribution is 7.99. The third-order valence-corrected chi connectivity index (χ3v) is 7.31. The molecule has 0 atom stereocenters. The highest BCUT2D eigenvalue weighted by Crippen LogP contribution is 2.28. The largest absolute Gasteiger partial charge is 0.355 e. The van der Waals surface area contributed by atoms with E-state index in [9.17, 15) is 14.4 Å². The number of thioether (sulfide) groups is 1. The highest BCUT2D eigenvalue weighted by atomic mass is 32.2. The molecule has 0 spiro atoms. The number of aryl methyl sites for hydroxylation is 2. The first-order valence-electron chi connectivity index (χ1n) is 10.5. The van der Waals surface area contributed by atoms with Gasteiger partial charge in [-0.05, 0) is 38.2 Å². The molecule has 1 fully saturated rings. The van der Waals surface area contributed by atoms with Gasteiger partial charge < -0.3 is 10.2 Å². The molecule has 9 heteroatoms. The Hall–Kier alpha value is -1.87. The van der Waals surface area contributed by atoms with Crippen molar-refractivity contribution in [1.29, 1.82) is 0 Å². The van der Waals surface area contributed by atoms with Gasteiger partial charge in [0.05, 0.1) is 11.1 Å². The number of fused-ring (bicyclic) bond motifs is 1. The topological polar surface area (TPSA) is 84.3 Å². The van der Waals surface area contributed by atoms with Crippen LogP contribution in [0, 0.1) is 19.8 Å². The second-order valence-corrected chi connectivity index (χ2v) is 10.3. The van der Waals surface area contributed by atoms with E-state index in [-0.39, 0.29) is 23.1 Å². The Kier molecular flexibility index (Phi) is 7.57. The van der Waals surface area contributed by atoms with Gasteiger partial charge in [-0.2, -0.15) is 0 Å². The molecule has 1 aliphatic heterocycles. The van der Waals surface area contributed by atoms with E-state index < -0.39 is 0 Å². The van der Waals surface area contributed by atoms with Crippen LogP contribution in [0.4, 0.5) is 0 Å². The van der Waals surface area contributed by atoms with Gasteiger partial charge in [0.1, 0.15) is 4.83 Å². The smallest absolute Gasteiger partial charge is 0.263 e. The molecule has 0 unspecified atom stereocenters. The van der Waals surface area contributed by atoms with Crippen LogP contribution in [0.15, 0.2) is 9.95 Å². The maximum absolute atomic E-state index is 13.1. The van der Waals surface area contributed by atoms with Crippen LogP contribution in [0.25, 0.3) is 10.2 Å². The second-order valence-electron chi connectivity index (χ2n) is 8.14. The minimum absolute atomic E-state index is 0.0197. The van der Waals surface area contributed by atoms with Crippen LogP contribution >= 0.6 is 23.1 Å². The average molecular weight is 451 g/mol. The van der Waals surface area contributed by atoms with Crippen LogP contribution in [0.5, 0.6) is 0 Å². The lowest BCUT2D eigenvalue weighted by atomic mass is 10.2. The first-order chi connectivity index (χ1) is 14.3. The van der Waals surface area contributed by atoms with Gasteiger partial charge in [-0.1, -0.05) is 25.6 Å². The summed E-state index contributed by atoms with van der Waals surface area (Å²) in [5, 5.41) is 4.20. The molecule has 0 bridgehead atoms. The Labute approximate surface area is 185 Å². The molecule has 164 valence electrons. The summed E-state index contributed by atoms with van der Waals surface area (Å²) in [6.07, 6.45) is 2.32. The third kappa shape index (κ3) is 5.24. The van der Waals surface area contributed by atoms with Crippen molar-refractivity contribution in [1.82, 2.24) is 19.8 Å². The van der Waals surface area contributed by atoms with E-state index in [1.54, 1.807) is 4.57 Å². The fourth-order valence-electron chi connectivity index (χ4n) is 3.56. The zero-order chi connectivity index (χ0) is 21.8. The van der Waals surface area contributed by atoms with E-state index in [1.165, 1.54) is 23.1 Å². The quantitative estimate of drug-likeness (QED) is 0.361. The Morgan fingerprint density at radius 3 is 2.73 bits per heavy atom. The molecule has 1 saturated heterocycles. The summed E-state index contributed by atoms with van der Waals surface area (Å²) >= 11 is 2.83. The maximum Gasteiger partial charge on any atom is 0.263 e.